The van der Waals surface area contributed by atoms with Gasteiger partial charge in [0, 0.05) is 12.4 Å². The molecule has 6 heteroatoms. The molecule has 1 aromatic carbocycles. The second kappa shape index (κ2) is 6.15. The second-order valence-corrected chi connectivity index (χ2v) is 18.6. The summed E-state index contributed by atoms with van der Waals surface area (Å²) in [5.74, 6) is 0. The Hall–Kier alpha value is 0.309. The molecule has 2 rings (SSSR count). The fourth-order valence-electron chi connectivity index (χ4n) is 1.03. The average molecular weight is 350 g/mol. The van der Waals surface area contributed by atoms with Crippen LogP contribution in [0, 0.1) is 0 Å². The Morgan fingerprint density at radius 1 is 0.867 bits per heavy atom. The summed E-state index contributed by atoms with van der Waals surface area (Å²) < 4.78 is 0. The van der Waals surface area contributed by atoms with Crippen LogP contribution in [0.3, 0.4) is 0 Å². The van der Waals surface area contributed by atoms with Gasteiger partial charge < -0.3 is 0 Å². The summed E-state index contributed by atoms with van der Waals surface area (Å²) in [6.45, 7) is 0. The van der Waals surface area contributed by atoms with Crippen LogP contribution >= 0.6 is 40.4 Å². The van der Waals surface area contributed by atoms with Crippen molar-refractivity contribution in [2.24, 2.45) is 0 Å². The fourth-order valence-corrected chi connectivity index (χ4v) is 1.03. The zero-order valence-electron chi connectivity index (χ0n) is 7.41. The van der Waals surface area contributed by atoms with Crippen LogP contribution < -0.4 is 0 Å². The number of fused-ring (bicyclic) bond motifs is 1. The molecule has 0 radical (unpaired) electrons. The van der Waals surface area contributed by atoms with Gasteiger partial charge in [-0.25, -0.2) is 0 Å². The summed E-state index contributed by atoms with van der Waals surface area (Å²) in [4.78, 5) is 4.01. The van der Waals surface area contributed by atoms with Crippen molar-refractivity contribution >= 4 is 60.4 Å². The third-order valence-electron chi connectivity index (χ3n) is 1.55. The molecule has 82 valence electrons. The molecule has 0 N–H and O–H groups in total. The van der Waals surface area contributed by atoms with Crippen LogP contribution in [0.25, 0.3) is 10.8 Å². The van der Waals surface area contributed by atoms with Crippen molar-refractivity contribution in [3.05, 3.63) is 42.7 Å². The van der Waals surface area contributed by atoms with E-state index < -0.39 is 9.20 Å². The minimum Gasteiger partial charge on any atom is -0.264 e. The van der Waals surface area contributed by atoms with E-state index in [4.69, 9.17) is 40.4 Å². The van der Waals surface area contributed by atoms with Crippen molar-refractivity contribution in [1.82, 2.24) is 4.98 Å². The molecule has 0 aliphatic carbocycles. The second-order valence-electron chi connectivity index (χ2n) is 2.57. The SMILES string of the molecule is Cl[Se](Cl)(Cl)Cl.c1ccc2cnccc2c1. The van der Waals surface area contributed by atoms with E-state index in [1.54, 1.807) is 0 Å². The molecule has 0 spiro atoms. The third-order valence-corrected chi connectivity index (χ3v) is 1.55. The van der Waals surface area contributed by atoms with Gasteiger partial charge in [-0.3, -0.25) is 4.98 Å². The van der Waals surface area contributed by atoms with Crippen molar-refractivity contribution in [2.75, 3.05) is 0 Å². The van der Waals surface area contributed by atoms with Gasteiger partial charge in [-0.2, -0.15) is 0 Å². The van der Waals surface area contributed by atoms with Crippen molar-refractivity contribution < 1.29 is 0 Å². The molecule has 15 heavy (non-hydrogen) atoms. The molecule has 0 fully saturated rings. The normalized spacial score (nSPS) is 11.7. The molecule has 0 aliphatic rings. The number of pyridine rings is 1. The average Bonchev–Trinajstić information content (AvgIpc) is 2.16. The predicted octanol–water partition coefficient (Wildman–Crippen LogP) is 4.61. The number of rotatable bonds is 0. The fraction of sp³-hybridized carbons (Fsp3) is 0. The smallest absolute Gasteiger partial charge is 0.0346 e. The van der Waals surface area contributed by atoms with Crippen LogP contribution in [-0.4, -0.2) is 14.2 Å². The van der Waals surface area contributed by atoms with Crippen LogP contribution in [0.15, 0.2) is 42.7 Å². The van der Waals surface area contributed by atoms with E-state index in [1.807, 2.05) is 30.6 Å². The van der Waals surface area contributed by atoms with Gasteiger partial charge in [0.1, 0.15) is 0 Å². The zero-order valence-corrected chi connectivity index (χ0v) is 12.1. The van der Waals surface area contributed by atoms with Crippen LogP contribution in [0.2, 0.25) is 0 Å². The third kappa shape index (κ3) is 6.47. The number of halogens is 4. The Morgan fingerprint density at radius 2 is 1.40 bits per heavy atom. The maximum Gasteiger partial charge on any atom is 0.0346 e. The Labute approximate surface area is 107 Å². The van der Waals surface area contributed by atoms with Gasteiger partial charge in [0.25, 0.3) is 0 Å². The van der Waals surface area contributed by atoms with Crippen molar-refractivity contribution in [3.63, 3.8) is 0 Å². The number of hydrogen-bond donors (Lipinski definition) is 0. The summed E-state index contributed by atoms with van der Waals surface area (Å²) in [5.41, 5.74) is 0. The predicted molar refractivity (Wildman–Crippen MR) is 70.9 cm³/mol. The summed E-state index contributed by atoms with van der Waals surface area (Å²) in [6, 6.07) is 10.2. The maximum absolute atomic E-state index is 4.98. The Kier molecular flexibility index (Phi) is 5.48. The van der Waals surface area contributed by atoms with E-state index in [0.29, 0.717) is 0 Å². The molecule has 0 saturated heterocycles. The summed E-state index contributed by atoms with van der Waals surface area (Å²) >= 11 is 0. The van der Waals surface area contributed by atoms with Crippen LogP contribution in [0.1, 0.15) is 0 Å². The molecule has 1 nitrogen and oxygen atoms in total. The van der Waals surface area contributed by atoms with E-state index in [0.717, 1.165) is 0 Å². The molecule has 0 aliphatic heterocycles. The Bertz CT molecular complexity index is 358. The molecular formula is C9H7Cl4NSe. The van der Waals surface area contributed by atoms with E-state index in [9.17, 15) is 0 Å². The molecule has 1 heterocycles. The Morgan fingerprint density at radius 3 is 1.93 bits per heavy atom. The zero-order chi connectivity index (χ0) is 11.3. The van der Waals surface area contributed by atoms with E-state index in [-0.39, 0.29) is 0 Å². The quantitative estimate of drug-likeness (QED) is 0.633. The van der Waals surface area contributed by atoms with Gasteiger partial charge in [0.2, 0.25) is 0 Å². The number of benzene rings is 1. The van der Waals surface area contributed by atoms with Gasteiger partial charge in [0.05, 0.1) is 0 Å². The summed E-state index contributed by atoms with van der Waals surface area (Å²) in [5, 5.41) is 2.45. The molecule has 0 amide bonds. The summed E-state index contributed by atoms with van der Waals surface area (Å²) in [7, 11) is 17.1. The minimum atomic E-state index is -2.86. The first-order chi connectivity index (χ1) is 6.97. The van der Waals surface area contributed by atoms with Crippen molar-refractivity contribution in [2.45, 2.75) is 0 Å². The van der Waals surface area contributed by atoms with Crippen LogP contribution in [-0.2, 0) is 0 Å². The van der Waals surface area contributed by atoms with Gasteiger partial charge in [-0.05, 0) is 16.8 Å². The van der Waals surface area contributed by atoms with Gasteiger partial charge >= 0.3 is 49.6 Å². The maximum atomic E-state index is 4.98. The monoisotopic (exact) mass is 349 g/mol. The first-order valence-corrected chi connectivity index (χ1v) is 12.9. The first kappa shape index (κ1) is 13.4. The van der Waals surface area contributed by atoms with Gasteiger partial charge in [-0.1, -0.05) is 24.3 Å². The first-order valence-electron chi connectivity index (χ1n) is 3.87. The van der Waals surface area contributed by atoms with Crippen LogP contribution in [0.5, 0.6) is 0 Å². The van der Waals surface area contributed by atoms with Crippen LogP contribution in [0.4, 0.5) is 0 Å². The number of hydrogen-bond acceptors (Lipinski definition) is 1. The molecule has 0 saturated carbocycles. The molecule has 1 aromatic heterocycles. The minimum absolute atomic E-state index is 1.20. The van der Waals surface area contributed by atoms with E-state index >= 15 is 0 Å². The molecule has 0 atom stereocenters. The van der Waals surface area contributed by atoms with E-state index in [1.165, 1.54) is 10.8 Å². The number of nitrogens with zero attached hydrogens (tertiary/aromatic N) is 1. The van der Waals surface area contributed by atoms with Crippen molar-refractivity contribution in [3.8, 4) is 0 Å². The molecular weight excluding hydrogens is 343 g/mol. The largest absolute Gasteiger partial charge is 0.264 e. The molecule has 0 unspecified atom stereocenters. The van der Waals surface area contributed by atoms with Crippen molar-refractivity contribution in [1.29, 1.82) is 0 Å². The van der Waals surface area contributed by atoms with Gasteiger partial charge in [0.15, 0.2) is 0 Å². The van der Waals surface area contributed by atoms with Gasteiger partial charge in [-0.15, -0.1) is 0 Å². The Balaban J connectivity index is 0.000000195. The number of aromatic nitrogens is 1. The molecule has 0 bridgehead atoms. The van der Waals surface area contributed by atoms with E-state index in [2.05, 4.69) is 17.1 Å². The molecule has 2 aromatic rings. The standard InChI is InChI=1S/C9H7N.Cl4Se/c1-2-4-9-7-10-6-5-8(9)3-1;1-5(2,3)4/h1-7H;. The topological polar surface area (TPSA) is 12.9 Å². The summed E-state index contributed by atoms with van der Waals surface area (Å²) in [6.07, 6.45) is 3.68.